The fourth-order valence-electron chi connectivity index (χ4n) is 2.37. The summed E-state index contributed by atoms with van der Waals surface area (Å²) in [5, 5.41) is 10.5. The van der Waals surface area contributed by atoms with Crippen LogP contribution in [0, 0.1) is 6.92 Å². The molecule has 2 aromatic carbocycles. The molecule has 8 nitrogen and oxygen atoms in total. The van der Waals surface area contributed by atoms with Crippen LogP contribution >= 0.6 is 0 Å². The van der Waals surface area contributed by atoms with Crippen LogP contribution in [0.15, 0.2) is 46.9 Å². The third-order valence-electron chi connectivity index (χ3n) is 3.66. The number of anilines is 1. The maximum Gasteiger partial charge on any atom is 0.262 e. The fourth-order valence-corrected chi connectivity index (χ4v) is 2.37. The van der Waals surface area contributed by atoms with Gasteiger partial charge < -0.3 is 23.9 Å². The number of ether oxygens (including phenoxy) is 3. The summed E-state index contributed by atoms with van der Waals surface area (Å²) in [5.41, 5.74) is 1.36. The van der Waals surface area contributed by atoms with Crippen LogP contribution in [0.1, 0.15) is 5.89 Å². The predicted molar refractivity (Wildman–Crippen MR) is 98.1 cm³/mol. The standard InChI is InChI=1S/C19H19N3O5/c1-12-21-22-19(27-12)13-4-7-15(8-5-13)26-11-18(23)20-14-6-9-16(24-2)17(10-14)25-3/h4-10H,11H2,1-3H3,(H,20,23). The Balaban J connectivity index is 1.56. The number of aryl methyl sites for hydroxylation is 1. The highest BCUT2D eigenvalue weighted by atomic mass is 16.5. The van der Waals surface area contributed by atoms with E-state index in [1.54, 1.807) is 56.5 Å². The number of carbonyl (C=O) groups excluding carboxylic acids is 1. The molecule has 27 heavy (non-hydrogen) atoms. The molecule has 0 atom stereocenters. The van der Waals surface area contributed by atoms with E-state index in [1.165, 1.54) is 7.11 Å². The second-order valence-corrected chi connectivity index (χ2v) is 5.56. The summed E-state index contributed by atoms with van der Waals surface area (Å²) in [6.45, 7) is 1.60. The first-order chi connectivity index (χ1) is 13.1. The number of hydrogen-bond acceptors (Lipinski definition) is 7. The van der Waals surface area contributed by atoms with Crippen LogP contribution in [0.2, 0.25) is 0 Å². The molecule has 8 heteroatoms. The predicted octanol–water partition coefficient (Wildman–Crippen LogP) is 3.08. The molecule has 0 unspecified atom stereocenters. The van der Waals surface area contributed by atoms with Gasteiger partial charge in [-0.15, -0.1) is 10.2 Å². The van der Waals surface area contributed by atoms with Gasteiger partial charge >= 0.3 is 0 Å². The molecule has 1 N–H and O–H groups in total. The molecule has 0 fully saturated rings. The number of nitrogens with one attached hydrogen (secondary N) is 1. The van der Waals surface area contributed by atoms with E-state index >= 15 is 0 Å². The smallest absolute Gasteiger partial charge is 0.262 e. The van der Waals surface area contributed by atoms with Gasteiger partial charge in [-0.2, -0.15) is 0 Å². The Morgan fingerprint density at radius 1 is 1.04 bits per heavy atom. The molecule has 0 saturated heterocycles. The van der Waals surface area contributed by atoms with Crippen molar-refractivity contribution in [1.29, 1.82) is 0 Å². The quantitative estimate of drug-likeness (QED) is 0.684. The van der Waals surface area contributed by atoms with E-state index < -0.39 is 0 Å². The number of methoxy groups -OCH3 is 2. The zero-order valence-electron chi connectivity index (χ0n) is 15.2. The minimum absolute atomic E-state index is 0.132. The van der Waals surface area contributed by atoms with Crippen molar-refractivity contribution in [2.45, 2.75) is 6.92 Å². The Morgan fingerprint density at radius 2 is 1.78 bits per heavy atom. The van der Waals surface area contributed by atoms with Crippen molar-refractivity contribution in [2.24, 2.45) is 0 Å². The summed E-state index contributed by atoms with van der Waals surface area (Å²) in [7, 11) is 3.08. The van der Waals surface area contributed by atoms with E-state index in [9.17, 15) is 4.79 Å². The zero-order valence-corrected chi connectivity index (χ0v) is 15.2. The van der Waals surface area contributed by atoms with E-state index in [1.807, 2.05) is 0 Å². The Morgan fingerprint density at radius 3 is 2.41 bits per heavy atom. The van der Waals surface area contributed by atoms with Gasteiger partial charge in [-0.25, -0.2) is 0 Å². The maximum absolute atomic E-state index is 12.1. The van der Waals surface area contributed by atoms with E-state index in [4.69, 9.17) is 18.6 Å². The number of carbonyl (C=O) groups is 1. The van der Waals surface area contributed by atoms with E-state index in [-0.39, 0.29) is 12.5 Å². The highest BCUT2D eigenvalue weighted by Crippen LogP contribution is 2.29. The summed E-state index contributed by atoms with van der Waals surface area (Å²) in [5.74, 6) is 2.31. The summed E-state index contributed by atoms with van der Waals surface area (Å²) in [4.78, 5) is 12.1. The van der Waals surface area contributed by atoms with Crippen LogP contribution in [0.4, 0.5) is 5.69 Å². The van der Waals surface area contributed by atoms with Gasteiger partial charge in [0.05, 0.1) is 14.2 Å². The molecule has 140 valence electrons. The van der Waals surface area contributed by atoms with Gasteiger partial charge in [-0.1, -0.05) is 0 Å². The molecule has 0 aliphatic carbocycles. The number of hydrogen-bond donors (Lipinski definition) is 1. The molecular formula is C19H19N3O5. The third kappa shape index (κ3) is 4.55. The molecule has 0 aliphatic rings. The van der Waals surface area contributed by atoms with Crippen molar-refractivity contribution in [3.8, 4) is 28.7 Å². The summed E-state index contributed by atoms with van der Waals surface area (Å²) in [6, 6.07) is 12.2. The van der Waals surface area contributed by atoms with Crippen LogP contribution in [0.25, 0.3) is 11.5 Å². The van der Waals surface area contributed by atoms with Crippen molar-refractivity contribution in [3.05, 3.63) is 48.4 Å². The topological polar surface area (TPSA) is 95.7 Å². The molecule has 0 saturated carbocycles. The van der Waals surface area contributed by atoms with Crippen molar-refractivity contribution in [1.82, 2.24) is 10.2 Å². The minimum atomic E-state index is -0.293. The number of nitrogens with zero attached hydrogens (tertiary/aromatic N) is 2. The van der Waals surface area contributed by atoms with Gasteiger partial charge in [-0.05, 0) is 36.4 Å². The van der Waals surface area contributed by atoms with Crippen LogP contribution in [-0.2, 0) is 4.79 Å². The molecule has 0 aliphatic heterocycles. The van der Waals surface area contributed by atoms with Gasteiger partial charge in [0, 0.05) is 24.2 Å². The first-order valence-electron chi connectivity index (χ1n) is 8.14. The average Bonchev–Trinajstić information content (AvgIpc) is 3.13. The molecule has 1 amide bonds. The zero-order chi connectivity index (χ0) is 19.2. The number of benzene rings is 2. The first-order valence-corrected chi connectivity index (χ1v) is 8.14. The normalized spacial score (nSPS) is 10.3. The van der Waals surface area contributed by atoms with Crippen molar-refractivity contribution < 1.29 is 23.4 Å². The van der Waals surface area contributed by atoms with Crippen molar-refractivity contribution >= 4 is 11.6 Å². The number of amides is 1. The second kappa shape index (κ2) is 8.22. The molecule has 1 aromatic heterocycles. The summed E-state index contributed by atoms with van der Waals surface area (Å²) < 4.78 is 21.2. The van der Waals surface area contributed by atoms with Crippen molar-refractivity contribution in [2.75, 3.05) is 26.1 Å². The lowest BCUT2D eigenvalue weighted by atomic mass is 10.2. The van der Waals surface area contributed by atoms with Crippen LogP contribution in [-0.4, -0.2) is 36.9 Å². The van der Waals surface area contributed by atoms with Gasteiger partial charge in [0.25, 0.3) is 5.91 Å². The molecule has 1 heterocycles. The van der Waals surface area contributed by atoms with Gasteiger partial charge in [0.1, 0.15) is 5.75 Å². The molecule has 0 bridgehead atoms. The minimum Gasteiger partial charge on any atom is -0.493 e. The number of aromatic nitrogens is 2. The van der Waals surface area contributed by atoms with E-state index in [0.717, 1.165) is 5.56 Å². The van der Waals surface area contributed by atoms with Gasteiger partial charge in [-0.3, -0.25) is 4.79 Å². The summed E-state index contributed by atoms with van der Waals surface area (Å²) in [6.07, 6.45) is 0. The molecule has 0 spiro atoms. The molecule has 0 radical (unpaired) electrons. The largest absolute Gasteiger partial charge is 0.493 e. The van der Waals surface area contributed by atoms with E-state index in [0.29, 0.717) is 34.7 Å². The fraction of sp³-hybridized carbons (Fsp3) is 0.211. The lowest BCUT2D eigenvalue weighted by Gasteiger charge is -2.11. The Bertz CT molecular complexity index is 921. The molecule has 3 aromatic rings. The highest BCUT2D eigenvalue weighted by molar-refractivity contribution is 5.92. The molecule has 3 rings (SSSR count). The third-order valence-corrected chi connectivity index (χ3v) is 3.66. The summed E-state index contributed by atoms with van der Waals surface area (Å²) >= 11 is 0. The van der Waals surface area contributed by atoms with Gasteiger partial charge in [0.15, 0.2) is 18.1 Å². The highest BCUT2D eigenvalue weighted by Gasteiger charge is 2.09. The first kappa shape index (κ1) is 18.2. The van der Waals surface area contributed by atoms with Crippen molar-refractivity contribution in [3.63, 3.8) is 0 Å². The van der Waals surface area contributed by atoms with E-state index in [2.05, 4.69) is 15.5 Å². The Hall–Kier alpha value is -3.55. The lowest BCUT2D eigenvalue weighted by molar-refractivity contribution is -0.118. The lowest BCUT2D eigenvalue weighted by Crippen LogP contribution is -2.20. The average molecular weight is 369 g/mol. The maximum atomic E-state index is 12.1. The monoisotopic (exact) mass is 369 g/mol. The molecular weight excluding hydrogens is 350 g/mol. The Kier molecular flexibility index (Phi) is 5.55. The second-order valence-electron chi connectivity index (χ2n) is 5.56. The van der Waals surface area contributed by atoms with Crippen LogP contribution in [0.3, 0.4) is 0 Å². The van der Waals surface area contributed by atoms with Gasteiger partial charge in [0.2, 0.25) is 11.8 Å². The SMILES string of the molecule is COc1ccc(NC(=O)COc2ccc(-c3nnc(C)o3)cc2)cc1OC. The Labute approximate surface area is 156 Å². The van der Waals surface area contributed by atoms with Crippen LogP contribution in [0.5, 0.6) is 17.2 Å². The van der Waals surface area contributed by atoms with Crippen LogP contribution < -0.4 is 19.5 Å². The number of rotatable bonds is 7.